The monoisotopic (exact) mass is 526 g/mol. The summed E-state index contributed by atoms with van der Waals surface area (Å²) in [5.74, 6) is -0.805. The number of hydrogen-bond donors (Lipinski definition) is 2. The van der Waals surface area contributed by atoms with E-state index in [0.29, 0.717) is 19.4 Å². The molecule has 0 aliphatic carbocycles. The van der Waals surface area contributed by atoms with Crippen molar-refractivity contribution in [3.8, 4) is 5.75 Å². The minimum absolute atomic E-state index is 0.00520. The number of para-hydroxylation sites is 2. The maximum Gasteiger partial charge on any atom is 0.175 e. The van der Waals surface area contributed by atoms with Crippen LogP contribution in [0.5, 0.6) is 5.75 Å². The van der Waals surface area contributed by atoms with E-state index < -0.39 is 5.82 Å². The zero-order chi connectivity index (χ0) is 26.1. The average Bonchev–Trinajstić information content (AvgIpc) is 2.90. The fourth-order valence-electron chi connectivity index (χ4n) is 3.39. The molecule has 3 N–H and O–H groups in total. The summed E-state index contributed by atoms with van der Waals surface area (Å²) in [6, 6.07) is 21.9. The highest BCUT2D eigenvalue weighted by Gasteiger charge is 2.19. The maximum atomic E-state index is 14.8. The molecule has 0 aromatic heterocycles. The number of aliphatic imine (C=N–C) groups is 1. The zero-order valence-corrected chi connectivity index (χ0v) is 21.1. The van der Waals surface area contributed by atoms with Gasteiger partial charge in [0.25, 0.3) is 0 Å². The van der Waals surface area contributed by atoms with Gasteiger partial charge in [0.15, 0.2) is 17.9 Å². The highest BCUT2D eigenvalue weighted by Crippen LogP contribution is 2.33. The third kappa shape index (κ3) is 6.44. The molecule has 0 atom stereocenters. The van der Waals surface area contributed by atoms with Crippen molar-refractivity contribution < 1.29 is 13.9 Å². The predicted molar refractivity (Wildman–Crippen MR) is 146 cm³/mol. The molecule has 0 saturated heterocycles. The van der Waals surface area contributed by atoms with Gasteiger partial charge in [0.1, 0.15) is 16.6 Å². The lowest BCUT2D eigenvalue weighted by Crippen LogP contribution is -2.34. The molecule has 3 aromatic carbocycles. The first kappa shape index (κ1) is 26.8. The second-order valence-electron chi connectivity index (χ2n) is 7.48. The molecule has 9 heteroatoms. The number of nitrogens with two attached hydrogens (primary N) is 1. The van der Waals surface area contributed by atoms with Crippen LogP contribution >= 0.6 is 23.2 Å². The number of methoxy groups -OCH3 is 1. The van der Waals surface area contributed by atoms with Crippen molar-refractivity contribution in [1.82, 2.24) is 0 Å². The number of anilines is 2. The lowest BCUT2D eigenvalue weighted by atomic mass is 10.1. The zero-order valence-electron chi connectivity index (χ0n) is 19.5. The van der Waals surface area contributed by atoms with Crippen molar-refractivity contribution in [3.63, 3.8) is 0 Å². The van der Waals surface area contributed by atoms with E-state index in [2.05, 4.69) is 16.9 Å². The lowest BCUT2D eigenvalue weighted by molar-refractivity contribution is -0.102. The van der Waals surface area contributed by atoms with Gasteiger partial charge in [-0.05, 0) is 36.4 Å². The number of carbonyl (C=O) groups excluding carboxylic acids is 1. The molecule has 0 heterocycles. The Kier molecular flexibility index (Phi) is 9.50. The summed E-state index contributed by atoms with van der Waals surface area (Å²) >= 11 is 12.5. The van der Waals surface area contributed by atoms with Crippen molar-refractivity contribution in [3.05, 3.63) is 107 Å². The number of allylic oxidation sites excluding steroid dienone is 1. The van der Waals surface area contributed by atoms with Crippen molar-refractivity contribution in [2.75, 3.05) is 30.4 Å². The number of carbonyl (C=O) groups is 1. The van der Waals surface area contributed by atoms with Crippen LogP contribution in [0.2, 0.25) is 5.02 Å². The van der Waals surface area contributed by atoms with Gasteiger partial charge in [-0.1, -0.05) is 66.2 Å². The van der Waals surface area contributed by atoms with Crippen LogP contribution in [0.4, 0.5) is 15.8 Å². The minimum atomic E-state index is -0.755. The summed E-state index contributed by atoms with van der Waals surface area (Å²) in [5.41, 5.74) is 7.89. The van der Waals surface area contributed by atoms with Crippen molar-refractivity contribution in [1.29, 1.82) is 0 Å². The SMILES string of the molecule is C=C(/N=C(C=O)\C(Cl)=C(/N)N(CCNc1ccccc1)c1ccccc1)c1ccc(Cl)c(OC)c1F. The van der Waals surface area contributed by atoms with E-state index in [9.17, 15) is 9.18 Å². The molecule has 0 unspecified atom stereocenters. The van der Waals surface area contributed by atoms with Gasteiger partial charge in [-0.25, -0.2) is 9.38 Å². The molecular weight excluding hydrogens is 502 g/mol. The molecule has 0 aliphatic rings. The van der Waals surface area contributed by atoms with Gasteiger partial charge in [0.2, 0.25) is 0 Å². The van der Waals surface area contributed by atoms with Crippen LogP contribution in [0, 0.1) is 5.82 Å². The predicted octanol–water partition coefficient (Wildman–Crippen LogP) is 6.08. The fourth-order valence-corrected chi connectivity index (χ4v) is 3.80. The van der Waals surface area contributed by atoms with Crippen LogP contribution in [0.25, 0.3) is 5.70 Å². The number of ether oxygens (including phenoxy) is 1. The molecule has 36 heavy (non-hydrogen) atoms. The number of aldehydes is 1. The van der Waals surface area contributed by atoms with Gasteiger partial charge in [0.05, 0.1) is 17.8 Å². The van der Waals surface area contributed by atoms with Crippen molar-refractivity contribution in [2.45, 2.75) is 0 Å². The lowest BCUT2D eigenvalue weighted by Gasteiger charge is -2.26. The molecule has 3 rings (SSSR count). The van der Waals surface area contributed by atoms with E-state index in [4.69, 9.17) is 33.7 Å². The van der Waals surface area contributed by atoms with Gasteiger partial charge in [-0.3, -0.25) is 4.79 Å². The molecule has 0 spiro atoms. The third-order valence-electron chi connectivity index (χ3n) is 5.18. The van der Waals surface area contributed by atoms with E-state index in [-0.39, 0.29) is 38.6 Å². The Morgan fingerprint density at radius 2 is 1.78 bits per heavy atom. The van der Waals surface area contributed by atoms with Gasteiger partial charge in [0, 0.05) is 30.0 Å². The van der Waals surface area contributed by atoms with Crippen LogP contribution in [0.1, 0.15) is 5.56 Å². The van der Waals surface area contributed by atoms with E-state index in [1.807, 2.05) is 60.7 Å². The number of nitrogens with zero attached hydrogens (tertiary/aromatic N) is 2. The first-order valence-electron chi connectivity index (χ1n) is 10.9. The van der Waals surface area contributed by atoms with Crippen molar-refractivity contribution in [2.24, 2.45) is 10.7 Å². The first-order valence-corrected chi connectivity index (χ1v) is 11.6. The Labute approximate surface area is 219 Å². The number of rotatable bonds is 11. The largest absolute Gasteiger partial charge is 0.492 e. The Balaban J connectivity index is 1.92. The van der Waals surface area contributed by atoms with Crippen LogP contribution in [-0.2, 0) is 4.79 Å². The number of hydrogen-bond acceptors (Lipinski definition) is 6. The fraction of sp³-hybridized carbons (Fsp3) is 0.111. The second-order valence-corrected chi connectivity index (χ2v) is 8.27. The molecule has 0 amide bonds. The molecule has 3 aromatic rings. The Hall–Kier alpha value is -3.81. The second kappa shape index (κ2) is 12.8. The Bertz CT molecular complexity index is 1280. The van der Waals surface area contributed by atoms with Crippen LogP contribution in [0.15, 0.2) is 95.2 Å². The normalized spacial score (nSPS) is 11.9. The van der Waals surface area contributed by atoms with E-state index >= 15 is 0 Å². The van der Waals surface area contributed by atoms with Crippen LogP contribution in [-0.4, -0.2) is 32.2 Å². The van der Waals surface area contributed by atoms with E-state index in [1.165, 1.54) is 19.2 Å². The Morgan fingerprint density at radius 3 is 2.39 bits per heavy atom. The third-order valence-corrected chi connectivity index (χ3v) is 5.86. The molecule has 0 saturated carbocycles. The molecule has 0 radical (unpaired) electrons. The van der Waals surface area contributed by atoms with E-state index in [1.54, 1.807) is 4.90 Å². The quantitative estimate of drug-likeness (QED) is 0.233. The molecule has 0 bridgehead atoms. The van der Waals surface area contributed by atoms with Gasteiger partial charge in [-0.15, -0.1) is 0 Å². The summed E-state index contributed by atoms with van der Waals surface area (Å²) in [6.45, 7) is 4.73. The highest BCUT2D eigenvalue weighted by molar-refractivity contribution is 6.55. The summed E-state index contributed by atoms with van der Waals surface area (Å²) in [6.07, 6.45) is 0.441. The van der Waals surface area contributed by atoms with Crippen LogP contribution in [0.3, 0.4) is 0 Å². The first-order chi connectivity index (χ1) is 17.4. The average molecular weight is 527 g/mol. The summed E-state index contributed by atoms with van der Waals surface area (Å²) < 4.78 is 19.8. The van der Waals surface area contributed by atoms with Gasteiger partial charge >= 0.3 is 0 Å². The number of benzene rings is 3. The summed E-state index contributed by atoms with van der Waals surface area (Å²) in [5, 5.41) is 3.31. The topological polar surface area (TPSA) is 80.0 Å². The molecule has 0 aliphatic heterocycles. The molecule has 6 nitrogen and oxygen atoms in total. The minimum Gasteiger partial charge on any atom is -0.492 e. The smallest absolute Gasteiger partial charge is 0.175 e. The highest BCUT2D eigenvalue weighted by atomic mass is 35.5. The number of halogens is 3. The molecule has 0 fully saturated rings. The standard InChI is InChI=1S/C27H25Cl2FN4O2/c1-18(21-13-14-22(28)26(36-2)25(21)30)33-23(17-35)24(29)27(31)34(20-11-7-4-8-12-20)16-15-32-19-9-5-3-6-10-19/h3-14,17,32H,1,15-16,31H2,2H3/b27-24-,33-23-. The van der Waals surface area contributed by atoms with Crippen LogP contribution < -0.4 is 20.7 Å². The van der Waals surface area contributed by atoms with Gasteiger partial charge in [-0.2, -0.15) is 0 Å². The molecular formula is C27H25Cl2FN4O2. The maximum absolute atomic E-state index is 14.8. The van der Waals surface area contributed by atoms with E-state index in [0.717, 1.165) is 11.4 Å². The Morgan fingerprint density at radius 1 is 1.14 bits per heavy atom. The van der Waals surface area contributed by atoms with Gasteiger partial charge < -0.3 is 20.7 Å². The summed E-state index contributed by atoms with van der Waals surface area (Å²) in [7, 11) is 1.29. The number of nitrogens with one attached hydrogen (secondary N) is 1. The van der Waals surface area contributed by atoms with Crippen molar-refractivity contribution >= 4 is 52.3 Å². The summed E-state index contributed by atoms with van der Waals surface area (Å²) in [4.78, 5) is 17.8. The molecule has 186 valence electrons.